The number of carbonyl (C=O) groups is 1. The van der Waals surface area contributed by atoms with Crippen molar-refractivity contribution in [3.05, 3.63) is 42.0 Å². The fourth-order valence-corrected chi connectivity index (χ4v) is 5.06. The van der Waals surface area contributed by atoms with Gasteiger partial charge in [-0.15, -0.1) is 0 Å². The molecular formula is C22H27FN4O2. The van der Waals surface area contributed by atoms with E-state index in [0.717, 1.165) is 42.8 Å². The van der Waals surface area contributed by atoms with E-state index in [1.165, 1.54) is 0 Å². The van der Waals surface area contributed by atoms with E-state index in [1.54, 1.807) is 7.11 Å². The van der Waals surface area contributed by atoms with Gasteiger partial charge in [0.1, 0.15) is 0 Å². The lowest BCUT2D eigenvalue weighted by Crippen LogP contribution is -2.76. The molecule has 6 nitrogen and oxygen atoms in total. The number of nitrogens with zero attached hydrogens (tertiary/aromatic N) is 3. The summed E-state index contributed by atoms with van der Waals surface area (Å²) < 4.78 is 18.8. The Balaban J connectivity index is 1.57. The Kier molecular flexibility index (Phi) is 5.02. The molecule has 29 heavy (non-hydrogen) atoms. The molecule has 4 atom stereocenters. The molecule has 1 aromatic heterocycles. The van der Waals surface area contributed by atoms with Crippen molar-refractivity contribution in [2.24, 2.45) is 5.92 Å². The van der Waals surface area contributed by atoms with Crippen LogP contribution < -0.4 is 5.32 Å². The summed E-state index contributed by atoms with van der Waals surface area (Å²) >= 11 is 0. The summed E-state index contributed by atoms with van der Waals surface area (Å²) in [5.74, 6) is 0.531. The Morgan fingerprint density at radius 3 is 2.76 bits per heavy atom. The number of rotatable bonds is 4. The Morgan fingerprint density at radius 1 is 1.34 bits per heavy atom. The van der Waals surface area contributed by atoms with Crippen LogP contribution in [0.2, 0.25) is 0 Å². The highest BCUT2D eigenvalue weighted by Gasteiger charge is 2.61. The Hall–Kier alpha value is -2.54. The van der Waals surface area contributed by atoms with Crippen LogP contribution in [-0.2, 0) is 4.74 Å². The van der Waals surface area contributed by atoms with Crippen LogP contribution in [0.5, 0.6) is 0 Å². The van der Waals surface area contributed by atoms with Crippen molar-refractivity contribution in [2.75, 3.05) is 12.4 Å². The number of likely N-dealkylation sites (tertiary alicyclic amines) is 1. The lowest BCUT2D eigenvalue weighted by Gasteiger charge is -2.65. The highest BCUT2D eigenvalue weighted by molar-refractivity contribution is 5.92. The van der Waals surface area contributed by atoms with Crippen LogP contribution in [-0.4, -0.2) is 45.7 Å². The number of hydrogen-bond acceptors (Lipinski definition) is 4. The Labute approximate surface area is 170 Å². The first kappa shape index (κ1) is 19.8. The molecule has 2 unspecified atom stereocenters. The van der Waals surface area contributed by atoms with Crippen molar-refractivity contribution in [3.63, 3.8) is 0 Å². The third kappa shape index (κ3) is 3.37. The highest BCUT2D eigenvalue weighted by atomic mass is 19.1. The number of nitrogens with one attached hydrogen (secondary N) is 1. The number of anilines is 1. The van der Waals surface area contributed by atoms with Gasteiger partial charge in [0.25, 0.3) is 0 Å². The molecular weight excluding hydrogens is 371 g/mol. The zero-order valence-corrected chi connectivity index (χ0v) is 17.3. The van der Waals surface area contributed by atoms with Crippen molar-refractivity contribution in [1.29, 1.82) is 0 Å². The Morgan fingerprint density at radius 2 is 2.07 bits per heavy atom. The summed E-state index contributed by atoms with van der Waals surface area (Å²) in [5.41, 5.74) is 2.14. The average molecular weight is 398 g/mol. The number of halogens is 1. The second-order valence-corrected chi connectivity index (χ2v) is 8.44. The average Bonchev–Trinajstić information content (AvgIpc) is 2.68. The van der Waals surface area contributed by atoms with Gasteiger partial charge >= 0.3 is 6.03 Å². The number of hydrogen-bond donors (Lipinski definition) is 1. The second-order valence-electron chi connectivity index (χ2n) is 8.44. The predicted molar refractivity (Wildman–Crippen MR) is 109 cm³/mol. The molecule has 0 spiro atoms. The molecule has 2 bridgehead atoms. The molecule has 2 aromatic rings. The van der Waals surface area contributed by atoms with Crippen LogP contribution in [0.15, 0.2) is 30.6 Å². The molecule has 2 aliphatic rings. The van der Waals surface area contributed by atoms with E-state index >= 15 is 0 Å². The lowest BCUT2D eigenvalue weighted by atomic mass is 9.62. The van der Waals surface area contributed by atoms with Gasteiger partial charge in [0.05, 0.1) is 24.0 Å². The van der Waals surface area contributed by atoms with E-state index in [1.807, 2.05) is 36.9 Å². The first-order valence-corrected chi connectivity index (χ1v) is 10.1. The fourth-order valence-electron chi connectivity index (χ4n) is 5.06. The van der Waals surface area contributed by atoms with Gasteiger partial charge < -0.3 is 15.0 Å². The van der Waals surface area contributed by atoms with E-state index in [4.69, 9.17) is 4.74 Å². The Bertz CT molecular complexity index is 920. The number of benzene rings is 1. The summed E-state index contributed by atoms with van der Waals surface area (Å²) in [4.78, 5) is 23.3. The van der Waals surface area contributed by atoms with Gasteiger partial charge in [-0.2, -0.15) is 0 Å². The molecule has 4 rings (SSSR count). The van der Waals surface area contributed by atoms with Crippen LogP contribution in [0.4, 0.5) is 14.9 Å². The molecule has 1 aliphatic carbocycles. The van der Waals surface area contributed by atoms with E-state index in [-0.39, 0.29) is 23.7 Å². The van der Waals surface area contributed by atoms with Gasteiger partial charge in [-0.05, 0) is 56.7 Å². The van der Waals surface area contributed by atoms with Crippen molar-refractivity contribution in [1.82, 2.24) is 14.9 Å². The van der Waals surface area contributed by atoms with Gasteiger partial charge in [0.15, 0.2) is 11.6 Å². The van der Waals surface area contributed by atoms with Crippen LogP contribution in [0.3, 0.4) is 0 Å². The molecule has 1 N–H and O–H groups in total. The van der Waals surface area contributed by atoms with E-state index in [9.17, 15) is 9.18 Å². The number of amides is 2. The van der Waals surface area contributed by atoms with Gasteiger partial charge in [0.2, 0.25) is 0 Å². The van der Waals surface area contributed by atoms with Crippen molar-refractivity contribution in [2.45, 2.75) is 57.7 Å². The lowest BCUT2D eigenvalue weighted by molar-refractivity contribution is -0.155. The number of ether oxygens (including phenoxy) is 1. The summed E-state index contributed by atoms with van der Waals surface area (Å²) in [6, 6.07) is 5.76. The molecule has 2 heterocycles. The molecule has 1 saturated heterocycles. The van der Waals surface area contributed by atoms with Crippen LogP contribution in [0, 0.1) is 18.7 Å². The summed E-state index contributed by atoms with van der Waals surface area (Å²) in [7, 11) is 1.71. The number of urea groups is 1. The molecule has 1 saturated carbocycles. The quantitative estimate of drug-likeness (QED) is 0.829. The molecule has 2 amide bonds. The molecule has 154 valence electrons. The topological polar surface area (TPSA) is 67.3 Å². The third-order valence-electron chi connectivity index (χ3n) is 6.49. The zero-order chi connectivity index (χ0) is 20.8. The van der Waals surface area contributed by atoms with Crippen molar-refractivity contribution in [3.8, 4) is 11.4 Å². The van der Waals surface area contributed by atoms with Crippen LogP contribution in [0.1, 0.15) is 38.7 Å². The smallest absolute Gasteiger partial charge is 0.322 e. The molecule has 2 fully saturated rings. The molecule has 0 radical (unpaired) electrons. The van der Waals surface area contributed by atoms with Gasteiger partial charge in [-0.25, -0.2) is 19.2 Å². The number of aromatic nitrogens is 2. The number of methoxy groups -OCH3 is 1. The number of fused-ring (bicyclic) bond motifs is 2. The molecule has 1 aromatic carbocycles. The minimum absolute atomic E-state index is 0.0200. The zero-order valence-electron chi connectivity index (χ0n) is 17.3. The van der Waals surface area contributed by atoms with Gasteiger partial charge in [-0.1, -0.05) is 13.0 Å². The molecule has 1 aliphatic heterocycles. The SMILES string of the molecule is CO[C@H](C)C12CC(C[C@H](C)C1)N2C(=O)Nc1ccc(C)c(-c2ncc(F)cn2)c1. The predicted octanol–water partition coefficient (Wildman–Crippen LogP) is 4.40. The van der Waals surface area contributed by atoms with Crippen LogP contribution >= 0.6 is 0 Å². The maximum atomic E-state index is 13.2. The van der Waals surface area contributed by atoms with Gasteiger partial charge in [0, 0.05) is 24.4 Å². The summed E-state index contributed by atoms with van der Waals surface area (Å²) in [6.45, 7) is 6.22. The van der Waals surface area contributed by atoms with Crippen molar-refractivity contribution < 1.29 is 13.9 Å². The van der Waals surface area contributed by atoms with E-state index < -0.39 is 5.82 Å². The maximum Gasteiger partial charge on any atom is 0.322 e. The highest BCUT2D eigenvalue weighted by Crippen LogP contribution is 2.52. The number of carbonyl (C=O) groups excluding carboxylic acids is 1. The third-order valence-corrected chi connectivity index (χ3v) is 6.49. The fraction of sp³-hybridized carbons (Fsp3) is 0.500. The summed E-state index contributed by atoms with van der Waals surface area (Å²) in [5, 5.41) is 3.04. The first-order chi connectivity index (χ1) is 13.8. The van der Waals surface area contributed by atoms with Gasteiger partial charge in [-0.3, -0.25) is 0 Å². The van der Waals surface area contributed by atoms with Crippen LogP contribution in [0.25, 0.3) is 11.4 Å². The maximum absolute atomic E-state index is 13.2. The molecule has 7 heteroatoms. The minimum Gasteiger partial charge on any atom is -0.379 e. The van der Waals surface area contributed by atoms with E-state index in [0.29, 0.717) is 17.4 Å². The first-order valence-electron chi connectivity index (χ1n) is 10.1. The second kappa shape index (κ2) is 7.37. The largest absolute Gasteiger partial charge is 0.379 e. The monoisotopic (exact) mass is 398 g/mol. The minimum atomic E-state index is -0.480. The number of piperidine rings is 1. The normalized spacial score (nSPS) is 26.6. The standard InChI is InChI=1S/C22H27FN4O2/c1-13-7-18-10-22(9-13,15(3)29-4)27(18)21(28)26-17-6-5-14(2)19(8-17)20-24-11-16(23)12-25-20/h5-6,8,11-13,15,18H,7,9-10H2,1-4H3,(H,26,28)/t13-,15+,18?,22?/m0/s1. The van der Waals surface area contributed by atoms with Crippen molar-refractivity contribution >= 4 is 11.7 Å². The summed E-state index contributed by atoms with van der Waals surface area (Å²) in [6.07, 6.45) is 5.23. The number of aryl methyl sites for hydroxylation is 1. The van der Waals surface area contributed by atoms with E-state index in [2.05, 4.69) is 22.2 Å².